The summed E-state index contributed by atoms with van der Waals surface area (Å²) in [6.07, 6.45) is 5.68. The Morgan fingerprint density at radius 1 is 1.19 bits per heavy atom. The summed E-state index contributed by atoms with van der Waals surface area (Å²) in [6.45, 7) is 2.46. The average molecular weight is 353 g/mol. The number of nitrogens with one attached hydrogen (secondary N) is 1. The van der Waals surface area contributed by atoms with E-state index in [1.165, 1.54) is 0 Å². The Bertz CT molecular complexity index is 754. The van der Waals surface area contributed by atoms with Gasteiger partial charge in [0.25, 0.3) is 0 Å². The molecule has 136 valence electrons. The molecule has 2 amide bonds. The fourth-order valence-corrected chi connectivity index (χ4v) is 3.94. The lowest BCUT2D eigenvalue weighted by atomic mass is 9.93. The SMILES string of the molecule is O=C1CC(C(=O)N2CCC(c3ccn[nH]3)CC2)CN1Cc1ccccn1. The van der Waals surface area contributed by atoms with Gasteiger partial charge in [-0.3, -0.25) is 19.7 Å². The minimum atomic E-state index is -0.227. The van der Waals surface area contributed by atoms with Crippen molar-refractivity contribution in [3.63, 3.8) is 0 Å². The molecule has 7 nitrogen and oxygen atoms in total. The number of H-pyrrole nitrogens is 1. The number of likely N-dealkylation sites (tertiary alicyclic amines) is 2. The lowest BCUT2D eigenvalue weighted by Crippen LogP contribution is -2.42. The first kappa shape index (κ1) is 16.8. The molecule has 0 radical (unpaired) electrons. The number of piperidine rings is 1. The van der Waals surface area contributed by atoms with Gasteiger partial charge in [0.1, 0.15) is 0 Å². The number of hydrogen-bond acceptors (Lipinski definition) is 4. The Balaban J connectivity index is 1.32. The highest BCUT2D eigenvalue weighted by atomic mass is 16.2. The number of amides is 2. The van der Waals surface area contributed by atoms with Crippen LogP contribution >= 0.6 is 0 Å². The van der Waals surface area contributed by atoms with Crippen molar-refractivity contribution in [2.24, 2.45) is 5.92 Å². The van der Waals surface area contributed by atoms with E-state index in [1.807, 2.05) is 29.2 Å². The normalized spacial score (nSPS) is 21.4. The van der Waals surface area contributed by atoms with Crippen molar-refractivity contribution >= 4 is 11.8 Å². The summed E-state index contributed by atoms with van der Waals surface area (Å²) in [6, 6.07) is 7.68. The summed E-state index contributed by atoms with van der Waals surface area (Å²) in [5.41, 5.74) is 2.00. The standard InChI is InChI=1S/C19H23N5O2/c25-18-11-15(12-24(18)13-16-3-1-2-7-20-16)19(26)23-9-5-14(6-10-23)17-4-8-21-22-17/h1-4,7-8,14-15H,5-6,9-13H2,(H,21,22). The van der Waals surface area contributed by atoms with Gasteiger partial charge in [-0.05, 0) is 31.0 Å². The molecule has 0 aliphatic carbocycles. The van der Waals surface area contributed by atoms with Gasteiger partial charge in [-0.2, -0.15) is 5.10 Å². The van der Waals surface area contributed by atoms with Crippen molar-refractivity contribution in [3.8, 4) is 0 Å². The Morgan fingerprint density at radius 2 is 2.04 bits per heavy atom. The molecule has 2 fully saturated rings. The maximum Gasteiger partial charge on any atom is 0.227 e. The van der Waals surface area contributed by atoms with E-state index in [2.05, 4.69) is 15.2 Å². The summed E-state index contributed by atoms with van der Waals surface area (Å²) in [5, 5.41) is 7.04. The first-order valence-electron chi connectivity index (χ1n) is 9.16. The van der Waals surface area contributed by atoms with Crippen LogP contribution in [0.15, 0.2) is 36.7 Å². The van der Waals surface area contributed by atoms with Crippen molar-refractivity contribution in [2.45, 2.75) is 31.7 Å². The van der Waals surface area contributed by atoms with Crippen LogP contribution in [0.2, 0.25) is 0 Å². The number of carbonyl (C=O) groups is 2. The zero-order valence-electron chi connectivity index (χ0n) is 14.7. The molecule has 7 heteroatoms. The fourth-order valence-electron chi connectivity index (χ4n) is 3.94. The van der Waals surface area contributed by atoms with Crippen molar-refractivity contribution in [3.05, 3.63) is 48.0 Å². The molecule has 4 heterocycles. The van der Waals surface area contributed by atoms with Crippen LogP contribution in [0.25, 0.3) is 0 Å². The predicted molar refractivity (Wildman–Crippen MR) is 94.9 cm³/mol. The van der Waals surface area contributed by atoms with Crippen molar-refractivity contribution < 1.29 is 9.59 Å². The van der Waals surface area contributed by atoms with Gasteiger partial charge in [0.15, 0.2) is 0 Å². The second-order valence-electron chi connectivity index (χ2n) is 7.11. The monoisotopic (exact) mass is 353 g/mol. The topological polar surface area (TPSA) is 82.2 Å². The summed E-state index contributed by atoms with van der Waals surface area (Å²) < 4.78 is 0. The Labute approximate surface area is 152 Å². The number of aromatic nitrogens is 3. The second kappa shape index (κ2) is 7.27. The van der Waals surface area contributed by atoms with Gasteiger partial charge in [0.2, 0.25) is 11.8 Å². The number of carbonyl (C=O) groups excluding carboxylic acids is 2. The lowest BCUT2D eigenvalue weighted by Gasteiger charge is -2.33. The Kier molecular flexibility index (Phi) is 4.69. The van der Waals surface area contributed by atoms with E-state index in [0.717, 1.165) is 37.3 Å². The van der Waals surface area contributed by atoms with E-state index >= 15 is 0 Å². The molecule has 2 aliphatic rings. The Hall–Kier alpha value is -2.70. The third-order valence-corrected chi connectivity index (χ3v) is 5.41. The van der Waals surface area contributed by atoms with Gasteiger partial charge < -0.3 is 9.80 Å². The molecule has 2 aromatic heterocycles. The molecule has 0 spiro atoms. The highest BCUT2D eigenvalue weighted by Crippen LogP contribution is 2.29. The number of rotatable bonds is 4. The van der Waals surface area contributed by atoms with Crippen molar-refractivity contribution in [2.75, 3.05) is 19.6 Å². The van der Waals surface area contributed by atoms with E-state index < -0.39 is 0 Å². The molecule has 2 aliphatic heterocycles. The second-order valence-corrected chi connectivity index (χ2v) is 7.11. The predicted octanol–water partition coefficient (Wildman–Crippen LogP) is 1.56. The zero-order valence-corrected chi connectivity index (χ0v) is 14.7. The number of pyridine rings is 1. The third kappa shape index (κ3) is 3.47. The fraction of sp³-hybridized carbons (Fsp3) is 0.474. The molecular formula is C19H23N5O2. The first-order valence-corrected chi connectivity index (χ1v) is 9.16. The van der Waals surface area contributed by atoms with Crippen LogP contribution in [-0.4, -0.2) is 56.4 Å². The first-order chi connectivity index (χ1) is 12.7. The minimum absolute atomic E-state index is 0.0429. The molecular weight excluding hydrogens is 330 g/mol. The van der Waals surface area contributed by atoms with Gasteiger partial charge in [0, 0.05) is 50.1 Å². The van der Waals surface area contributed by atoms with Gasteiger partial charge in [-0.25, -0.2) is 0 Å². The molecule has 1 atom stereocenters. The number of nitrogens with zero attached hydrogens (tertiary/aromatic N) is 4. The summed E-state index contributed by atoms with van der Waals surface area (Å²) in [5.74, 6) is 0.369. The summed E-state index contributed by atoms with van der Waals surface area (Å²) in [4.78, 5) is 33.1. The van der Waals surface area contributed by atoms with Crippen LogP contribution in [0.5, 0.6) is 0 Å². The largest absolute Gasteiger partial charge is 0.342 e. The van der Waals surface area contributed by atoms with Crippen molar-refractivity contribution in [1.29, 1.82) is 0 Å². The molecule has 0 saturated carbocycles. The lowest BCUT2D eigenvalue weighted by molar-refractivity contribution is -0.136. The molecule has 2 aromatic rings. The minimum Gasteiger partial charge on any atom is -0.342 e. The smallest absolute Gasteiger partial charge is 0.227 e. The molecule has 4 rings (SSSR count). The van der Waals surface area contributed by atoms with Gasteiger partial charge in [-0.1, -0.05) is 6.07 Å². The van der Waals surface area contributed by atoms with Crippen LogP contribution in [0.1, 0.15) is 36.6 Å². The van der Waals surface area contributed by atoms with Crippen molar-refractivity contribution in [1.82, 2.24) is 25.0 Å². The molecule has 0 bridgehead atoms. The summed E-state index contributed by atoms with van der Waals surface area (Å²) in [7, 11) is 0. The highest BCUT2D eigenvalue weighted by molar-refractivity contribution is 5.89. The van der Waals surface area contributed by atoms with Gasteiger partial charge in [-0.15, -0.1) is 0 Å². The van der Waals surface area contributed by atoms with Gasteiger partial charge in [0.05, 0.1) is 18.2 Å². The van der Waals surface area contributed by atoms with Gasteiger partial charge >= 0.3 is 0 Å². The third-order valence-electron chi connectivity index (χ3n) is 5.41. The molecule has 1 N–H and O–H groups in total. The van der Waals surface area contributed by atoms with E-state index in [4.69, 9.17) is 0 Å². The van der Waals surface area contributed by atoms with E-state index in [1.54, 1.807) is 17.3 Å². The van der Waals surface area contributed by atoms with Crippen LogP contribution < -0.4 is 0 Å². The molecule has 26 heavy (non-hydrogen) atoms. The van der Waals surface area contributed by atoms with E-state index in [-0.39, 0.29) is 17.7 Å². The highest BCUT2D eigenvalue weighted by Gasteiger charge is 2.37. The maximum absolute atomic E-state index is 12.8. The molecule has 0 aromatic carbocycles. The quantitative estimate of drug-likeness (QED) is 0.904. The van der Waals surface area contributed by atoms with Crippen LogP contribution in [0, 0.1) is 5.92 Å². The number of aromatic amines is 1. The van der Waals surface area contributed by atoms with E-state index in [9.17, 15) is 9.59 Å². The maximum atomic E-state index is 12.8. The summed E-state index contributed by atoms with van der Waals surface area (Å²) >= 11 is 0. The zero-order chi connectivity index (χ0) is 17.9. The van der Waals surface area contributed by atoms with E-state index in [0.29, 0.717) is 25.4 Å². The number of hydrogen-bond donors (Lipinski definition) is 1. The molecule has 2 saturated heterocycles. The van der Waals surface area contributed by atoms with Crippen LogP contribution in [0.4, 0.5) is 0 Å². The average Bonchev–Trinajstić information content (AvgIpc) is 3.33. The Morgan fingerprint density at radius 3 is 2.73 bits per heavy atom. The van der Waals surface area contributed by atoms with Crippen LogP contribution in [-0.2, 0) is 16.1 Å². The van der Waals surface area contributed by atoms with Crippen LogP contribution in [0.3, 0.4) is 0 Å². The molecule has 1 unspecified atom stereocenters.